The van der Waals surface area contributed by atoms with E-state index in [4.69, 9.17) is 18.9 Å². The summed E-state index contributed by atoms with van der Waals surface area (Å²) in [5.74, 6) is 6.15. The molecule has 0 atom stereocenters. The van der Waals surface area contributed by atoms with Crippen molar-refractivity contribution < 1.29 is 18.9 Å². The minimum Gasteiger partial charge on any atom is -0.457 e. The molecule has 4 nitrogen and oxygen atoms in total. The fourth-order valence-corrected chi connectivity index (χ4v) is 4.22. The van der Waals surface area contributed by atoms with E-state index in [9.17, 15) is 0 Å². The summed E-state index contributed by atoms with van der Waals surface area (Å²) in [7, 11) is 0. The summed E-state index contributed by atoms with van der Waals surface area (Å²) in [5, 5.41) is 0. The van der Waals surface area contributed by atoms with Crippen molar-refractivity contribution in [2.75, 3.05) is 0 Å². The van der Waals surface area contributed by atoms with E-state index in [1.165, 1.54) is 5.56 Å². The molecule has 0 bridgehead atoms. The first-order valence-electron chi connectivity index (χ1n) is 13.4. The van der Waals surface area contributed by atoms with Crippen LogP contribution in [0.1, 0.15) is 5.56 Å². The monoisotopic (exact) mass is 536 g/mol. The van der Waals surface area contributed by atoms with Crippen molar-refractivity contribution in [1.29, 1.82) is 0 Å². The molecule has 0 heterocycles. The lowest BCUT2D eigenvalue weighted by atomic mass is 10.1. The normalized spacial score (nSPS) is 10.6. The van der Waals surface area contributed by atoms with Gasteiger partial charge in [0.2, 0.25) is 0 Å². The molecule has 6 aromatic carbocycles. The van der Waals surface area contributed by atoms with Crippen molar-refractivity contribution in [1.82, 2.24) is 0 Å². The zero-order valence-electron chi connectivity index (χ0n) is 22.6. The van der Waals surface area contributed by atoms with Crippen molar-refractivity contribution in [3.8, 4) is 57.1 Å². The summed E-state index contributed by atoms with van der Waals surface area (Å²) in [4.78, 5) is 0. The van der Waals surface area contributed by atoms with Crippen LogP contribution in [-0.4, -0.2) is 0 Å². The summed E-state index contributed by atoms with van der Waals surface area (Å²) < 4.78 is 23.8. The Hall–Kier alpha value is -5.48. The number of hydrogen-bond donors (Lipinski definition) is 0. The zero-order valence-corrected chi connectivity index (χ0v) is 22.6. The van der Waals surface area contributed by atoms with E-state index in [2.05, 4.69) is 6.92 Å². The Kier molecular flexibility index (Phi) is 7.63. The lowest BCUT2D eigenvalue weighted by molar-refractivity contribution is 0.469. The van der Waals surface area contributed by atoms with Gasteiger partial charge in [0.25, 0.3) is 0 Å². The molecular weight excluding hydrogens is 508 g/mol. The molecule has 0 fully saturated rings. The Labute approximate surface area is 240 Å². The third kappa shape index (κ3) is 6.94. The Bertz CT molecular complexity index is 1670. The van der Waals surface area contributed by atoms with Gasteiger partial charge in [-0.15, -0.1) is 0 Å². The molecule has 0 aliphatic carbocycles. The maximum Gasteiger partial charge on any atom is 0.127 e. The predicted octanol–water partition coefficient (Wildman–Crippen LogP) is 10.8. The molecule has 6 rings (SSSR count). The molecule has 0 unspecified atom stereocenters. The van der Waals surface area contributed by atoms with Crippen molar-refractivity contribution >= 4 is 0 Å². The highest BCUT2D eigenvalue weighted by atomic mass is 16.5. The Morgan fingerprint density at radius 2 is 0.512 bits per heavy atom. The van der Waals surface area contributed by atoms with E-state index in [1.54, 1.807) is 0 Å². The molecule has 0 aliphatic rings. The first kappa shape index (κ1) is 25.8. The summed E-state index contributed by atoms with van der Waals surface area (Å²) in [5.41, 5.74) is 3.38. The first-order valence-corrected chi connectivity index (χ1v) is 13.4. The fraction of sp³-hybridized carbons (Fsp3) is 0.0270. The molecule has 0 N–H and O–H groups in total. The van der Waals surface area contributed by atoms with E-state index < -0.39 is 0 Å². The summed E-state index contributed by atoms with van der Waals surface area (Å²) >= 11 is 0. The summed E-state index contributed by atoms with van der Waals surface area (Å²) in [6.07, 6.45) is 0. The predicted molar refractivity (Wildman–Crippen MR) is 163 cm³/mol. The lowest BCUT2D eigenvalue weighted by Crippen LogP contribution is -1.87. The van der Waals surface area contributed by atoms with Gasteiger partial charge in [-0.3, -0.25) is 0 Å². The maximum absolute atomic E-state index is 6.03. The summed E-state index contributed by atoms with van der Waals surface area (Å²) in [6.45, 7) is 2.05. The van der Waals surface area contributed by atoms with Gasteiger partial charge in [0.05, 0.1) is 0 Å². The number of aryl methyl sites for hydroxylation is 1. The highest BCUT2D eigenvalue weighted by molar-refractivity contribution is 5.65. The van der Waals surface area contributed by atoms with Gasteiger partial charge in [-0.25, -0.2) is 0 Å². The standard InChI is InChI=1S/C37H28O4/c1-27-7-13-31(14-8-27)39-35-23-25-37(26-24-35)41-33-17-11-29(12-18-33)28-9-15-32(16-10-28)40-36-21-19-34(20-22-36)38-30-5-3-2-4-6-30/h2-26H,1H3. The minimum atomic E-state index is 0.745. The van der Waals surface area contributed by atoms with Crippen LogP contribution < -0.4 is 18.9 Å². The van der Waals surface area contributed by atoms with E-state index in [0.29, 0.717) is 0 Å². The van der Waals surface area contributed by atoms with Gasteiger partial charge >= 0.3 is 0 Å². The molecule has 0 radical (unpaired) electrons. The smallest absolute Gasteiger partial charge is 0.127 e. The fourth-order valence-electron chi connectivity index (χ4n) is 4.22. The lowest BCUT2D eigenvalue weighted by Gasteiger charge is -2.10. The van der Waals surface area contributed by atoms with Gasteiger partial charge in [0.1, 0.15) is 46.0 Å². The topological polar surface area (TPSA) is 36.9 Å². The molecule has 0 saturated carbocycles. The molecule has 0 spiro atoms. The molecule has 41 heavy (non-hydrogen) atoms. The van der Waals surface area contributed by atoms with Crippen LogP contribution >= 0.6 is 0 Å². The largest absolute Gasteiger partial charge is 0.457 e. The van der Waals surface area contributed by atoms with Crippen LogP contribution in [0.4, 0.5) is 0 Å². The zero-order chi connectivity index (χ0) is 27.9. The number of rotatable bonds is 9. The second-order valence-corrected chi connectivity index (χ2v) is 9.53. The van der Waals surface area contributed by atoms with Crippen LogP contribution in [0.2, 0.25) is 0 Å². The van der Waals surface area contributed by atoms with E-state index >= 15 is 0 Å². The molecule has 0 aromatic heterocycles. The third-order valence-electron chi connectivity index (χ3n) is 6.40. The van der Waals surface area contributed by atoms with Gasteiger partial charge in [-0.05, 0) is 115 Å². The van der Waals surface area contributed by atoms with Crippen molar-refractivity contribution in [3.63, 3.8) is 0 Å². The molecule has 6 aromatic rings. The number of para-hydroxylation sites is 1. The molecule has 0 saturated heterocycles. The average molecular weight is 537 g/mol. The highest BCUT2D eigenvalue weighted by Gasteiger charge is 2.05. The Morgan fingerprint density at radius 1 is 0.268 bits per heavy atom. The number of ether oxygens (including phenoxy) is 4. The van der Waals surface area contributed by atoms with Gasteiger partial charge in [0.15, 0.2) is 0 Å². The molecule has 0 aliphatic heterocycles. The van der Waals surface area contributed by atoms with Crippen molar-refractivity contribution in [2.45, 2.75) is 6.92 Å². The van der Waals surface area contributed by atoms with Crippen LogP contribution in [0.25, 0.3) is 11.1 Å². The first-order chi connectivity index (χ1) is 20.2. The molecule has 200 valence electrons. The second-order valence-electron chi connectivity index (χ2n) is 9.53. The average Bonchev–Trinajstić information content (AvgIpc) is 3.02. The maximum atomic E-state index is 6.03. The van der Waals surface area contributed by atoms with E-state index in [-0.39, 0.29) is 0 Å². The van der Waals surface area contributed by atoms with Crippen molar-refractivity contribution in [2.24, 2.45) is 0 Å². The quantitative estimate of drug-likeness (QED) is 0.184. The Balaban J connectivity index is 1.03. The highest BCUT2D eigenvalue weighted by Crippen LogP contribution is 2.31. The SMILES string of the molecule is Cc1ccc(Oc2ccc(Oc3ccc(-c4ccc(Oc5ccc(Oc6ccccc6)cc5)cc4)cc3)cc2)cc1. The molecule has 0 amide bonds. The molecule has 4 heteroatoms. The van der Waals surface area contributed by atoms with E-state index in [1.807, 2.05) is 152 Å². The second kappa shape index (κ2) is 12.1. The Morgan fingerprint density at radius 3 is 0.829 bits per heavy atom. The van der Waals surface area contributed by atoms with Crippen LogP contribution in [-0.2, 0) is 0 Å². The number of hydrogen-bond acceptors (Lipinski definition) is 4. The van der Waals surface area contributed by atoms with E-state index in [0.717, 1.165) is 57.1 Å². The van der Waals surface area contributed by atoms with Gasteiger partial charge in [-0.1, -0.05) is 60.2 Å². The molecular formula is C37H28O4. The van der Waals surface area contributed by atoms with Crippen LogP contribution in [0.3, 0.4) is 0 Å². The van der Waals surface area contributed by atoms with Gasteiger partial charge in [0, 0.05) is 0 Å². The minimum absolute atomic E-state index is 0.745. The van der Waals surface area contributed by atoms with Crippen molar-refractivity contribution in [3.05, 3.63) is 157 Å². The van der Waals surface area contributed by atoms with Gasteiger partial charge < -0.3 is 18.9 Å². The van der Waals surface area contributed by atoms with Crippen LogP contribution in [0, 0.1) is 6.92 Å². The third-order valence-corrected chi connectivity index (χ3v) is 6.40. The van der Waals surface area contributed by atoms with Gasteiger partial charge in [-0.2, -0.15) is 0 Å². The summed E-state index contributed by atoms with van der Waals surface area (Å²) in [6, 6.07) is 48.9. The number of benzene rings is 6. The van der Waals surface area contributed by atoms with Crippen LogP contribution in [0.15, 0.2) is 152 Å². The van der Waals surface area contributed by atoms with Crippen LogP contribution in [0.5, 0.6) is 46.0 Å².